The molecule has 2 rings (SSSR count). The number of rotatable bonds is 6. The van der Waals surface area contributed by atoms with Crippen LogP contribution < -0.4 is 5.32 Å². The van der Waals surface area contributed by atoms with E-state index in [1.807, 2.05) is 56.5 Å². The zero-order chi connectivity index (χ0) is 16.1. The van der Waals surface area contributed by atoms with E-state index in [1.165, 1.54) is 11.3 Å². The van der Waals surface area contributed by atoms with Crippen molar-refractivity contribution in [2.45, 2.75) is 39.3 Å². The Morgan fingerprint density at radius 2 is 1.95 bits per heavy atom. The first-order valence-electron chi connectivity index (χ1n) is 7.45. The minimum atomic E-state index is -0.608. The first kappa shape index (κ1) is 16.6. The number of carbonyl (C=O) groups excluding carboxylic acids is 1. The van der Waals surface area contributed by atoms with Crippen molar-refractivity contribution in [3.8, 4) is 11.3 Å². The van der Waals surface area contributed by atoms with Crippen LogP contribution in [0.3, 0.4) is 0 Å². The lowest BCUT2D eigenvalue weighted by Crippen LogP contribution is -2.31. The first-order valence-corrected chi connectivity index (χ1v) is 8.33. The number of nitrogens with one attached hydrogen (secondary N) is 1. The fourth-order valence-corrected chi connectivity index (χ4v) is 2.85. The van der Waals surface area contributed by atoms with E-state index in [1.54, 1.807) is 0 Å². The number of aromatic nitrogens is 1. The third-order valence-corrected chi connectivity index (χ3v) is 4.53. The molecule has 0 spiro atoms. The number of benzene rings is 1. The van der Waals surface area contributed by atoms with Crippen molar-refractivity contribution in [1.29, 1.82) is 0 Å². The molecule has 2 unspecified atom stereocenters. The van der Waals surface area contributed by atoms with E-state index in [-0.39, 0.29) is 24.3 Å². The van der Waals surface area contributed by atoms with E-state index in [9.17, 15) is 9.90 Å². The zero-order valence-electron chi connectivity index (χ0n) is 13.1. The summed E-state index contributed by atoms with van der Waals surface area (Å²) in [6.45, 7) is 5.70. The monoisotopic (exact) mass is 318 g/mol. The van der Waals surface area contributed by atoms with Crippen molar-refractivity contribution < 1.29 is 9.90 Å². The summed E-state index contributed by atoms with van der Waals surface area (Å²) in [6, 6.07) is 9.80. The largest absolute Gasteiger partial charge is 0.392 e. The lowest BCUT2D eigenvalue weighted by atomic mass is 10.0. The minimum Gasteiger partial charge on any atom is -0.392 e. The number of nitrogens with zero attached hydrogens (tertiary/aromatic N) is 1. The highest BCUT2D eigenvalue weighted by atomic mass is 32.1. The van der Waals surface area contributed by atoms with Crippen LogP contribution in [0.25, 0.3) is 11.3 Å². The van der Waals surface area contributed by atoms with Crippen LogP contribution in [0.1, 0.15) is 38.2 Å². The fourth-order valence-electron chi connectivity index (χ4n) is 2.02. The lowest BCUT2D eigenvalue weighted by molar-refractivity contribution is -0.124. The maximum Gasteiger partial charge on any atom is 0.223 e. The van der Waals surface area contributed by atoms with Crippen LogP contribution in [-0.2, 0) is 4.79 Å². The van der Waals surface area contributed by atoms with Crippen LogP contribution in [0, 0.1) is 5.92 Å². The van der Waals surface area contributed by atoms with E-state index in [2.05, 4.69) is 10.3 Å². The normalized spacial score (nSPS) is 13.9. The Kier molecular flexibility index (Phi) is 5.69. The Morgan fingerprint density at radius 1 is 1.27 bits per heavy atom. The maximum atomic E-state index is 11.9. The van der Waals surface area contributed by atoms with E-state index in [4.69, 9.17) is 0 Å². The molecule has 0 fully saturated rings. The van der Waals surface area contributed by atoms with Gasteiger partial charge in [-0.15, -0.1) is 11.3 Å². The molecular formula is C17H22N2O2S. The average Bonchev–Trinajstić information content (AvgIpc) is 2.97. The van der Waals surface area contributed by atoms with Gasteiger partial charge in [0.15, 0.2) is 0 Å². The molecule has 0 aliphatic rings. The van der Waals surface area contributed by atoms with Crippen molar-refractivity contribution in [2.24, 2.45) is 5.92 Å². The molecule has 0 radical (unpaired) electrons. The summed E-state index contributed by atoms with van der Waals surface area (Å²) in [6.07, 6.45) is -0.484. The zero-order valence-corrected chi connectivity index (χ0v) is 13.9. The second kappa shape index (κ2) is 7.51. The van der Waals surface area contributed by atoms with Gasteiger partial charge in [-0.05, 0) is 12.8 Å². The molecule has 1 aromatic heterocycles. The van der Waals surface area contributed by atoms with E-state index in [0.717, 1.165) is 16.3 Å². The van der Waals surface area contributed by atoms with Crippen molar-refractivity contribution in [1.82, 2.24) is 10.3 Å². The number of aliphatic hydroxyl groups excluding tert-OH is 1. The van der Waals surface area contributed by atoms with Crippen molar-refractivity contribution in [2.75, 3.05) is 0 Å². The molecular weight excluding hydrogens is 296 g/mol. The average molecular weight is 318 g/mol. The van der Waals surface area contributed by atoms with Gasteiger partial charge < -0.3 is 10.4 Å². The van der Waals surface area contributed by atoms with Gasteiger partial charge in [0, 0.05) is 10.9 Å². The van der Waals surface area contributed by atoms with Crippen molar-refractivity contribution in [3.63, 3.8) is 0 Å². The van der Waals surface area contributed by atoms with Gasteiger partial charge in [0.25, 0.3) is 0 Å². The minimum absolute atomic E-state index is 0.0746. The molecule has 1 aromatic carbocycles. The Hall–Kier alpha value is -1.72. The topological polar surface area (TPSA) is 62.2 Å². The number of carbonyl (C=O) groups is 1. The number of hydrogen-bond donors (Lipinski definition) is 2. The molecule has 1 heterocycles. The number of hydrogen-bond acceptors (Lipinski definition) is 4. The fraction of sp³-hybridized carbons (Fsp3) is 0.412. The molecule has 22 heavy (non-hydrogen) atoms. The second-order valence-electron chi connectivity index (χ2n) is 5.74. The highest BCUT2D eigenvalue weighted by Gasteiger charge is 2.18. The predicted octanol–water partition coefficient (Wildman–Crippen LogP) is 3.39. The molecule has 0 saturated heterocycles. The smallest absolute Gasteiger partial charge is 0.223 e. The quantitative estimate of drug-likeness (QED) is 0.858. The highest BCUT2D eigenvalue weighted by Crippen LogP contribution is 2.25. The van der Waals surface area contributed by atoms with Gasteiger partial charge in [-0.1, -0.05) is 44.2 Å². The summed E-state index contributed by atoms with van der Waals surface area (Å²) < 4.78 is 0. The van der Waals surface area contributed by atoms with Crippen LogP contribution in [-0.4, -0.2) is 22.1 Å². The molecule has 4 nitrogen and oxygen atoms in total. The summed E-state index contributed by atoms with van der Waals surface area (Å²) in [5.41, 5.74) is 1.99. The number of amides is 1. The third kappa shape index (κ3) is 4.39. The summed E-state index contributed by atoms with van der Waals surface area (Å²) in [7, 11) is 0. The molecule has 2 aromatic rings. The highest BCUT2D eigenvalue weighted by molar-refractivity contribution is 7.10. The first-order chi connectivity index (χ1) is 10.5. The van der Waals surface area contributed by atoms with Crippen LogP contribution in [0.2, 0.25) is 0 Å². The van der Waals surface area contributed by atoms with Crippen LogP contribution in [0.5, 0.6) is 0 Å². The Bertz CT molecular complexity index is 610. The lowest BCUT2D eigenvalue weighted by Gasteiger charge is -2.16. The van der Waals surface area contributed by atoms with Crippen LogP contribution in [0.4, 0.5) is 0 Å². The van der Waals surface area contributed by atoms with Crippen molar-refractivity contribution >= 4 is 17.2 Å². The molecule has 118 valence electrons. The number of thiazole rings is 1. The van der Waals surface area contributed by atoms with Gasteiger partial charge in [0.05, 0.1) is 24.3 Å². The molecule has 0 bridgehead atoms. The van der Waals surface area contributed by atoms with Crippen molar-refractivity contribution in [3.05, 3.63) is 40.7 Å². The SMILES string of the molecule is CC(NC(=O)CC(O)C(C)C)c1nc(-c2ccccc2)cs1. The van der Waals surface area contributed by atoms with E-state index in [0.29, 0.717) is 0 Å². The van der Waals surface area contributed by atoms with Gasteiger partial charge in [0.1, 0.15) is 5.01 Å². The van der Waals surface area contributed by atoms with Gasteiger partial charge in [-0.2, -0.15) is 0 Å². The van der Waals surface area contributed by atoms with Gasteiger partial charge in [-0.25, -0.2) is 4.98 Å². The molecule has 0 aliphatic heterocycles. The summed E-state index contributed by atoms with van der Waals surface area (Å²) in [5.74, 6) is -0.0734. The predicted molar refractivity (Wildman–Crippen MR) is 89.6 cm³/mol. The Labute approximate surface area is 135 Å². The number of aliphatic hydroxyl groups is 1. The van der Waals surface area contributed by atoms with Crippen LogP contribution >= 0.6 is 11.3 Å². The Balaban J connectivity index is 1.97. The molecule has 2 N–H and O–H groups in total. The summed E-state index contributed by atoms with van der Waals surface area (Å²) in [4.78, 5) is 16.5. The van der Waals surface area contributed by atoms with E-state index < -0.39 is 6.10 Å². The Morgan fingerprint density at radius 3 is 2.59 bits per heavy atom. The molecule has 0 saturated carbocycles. The molecule has 5 heteroatoms. The summed E-state index contributed by atoms with van der Waals surface area (Å²) in [5, 5.41) is 15.5. The third-order valence-electron chi connectivity index (χ3n) is 3.50. The van der Waals surface area contributed by atoms with Crippen LogP contribution in [0.15, 0.2) is 35.7 Å². The molecule has 1 amide bonds. The second-order valence-corrected chi connectivity index (χ2v) is 6.63. The van der Waals surface area contributed by atoms with Gasteiger partial charge in [-0.3, -0.25) is 4.79 Å². The molecule has 0 aliphatic carbocycles. The van der Waals surface area contributed by atoms with Gasteiger partial charge in [0.2, 0.25) is 5.91 Å². The van der Waals surface area contributed by atoms with Gasteiger partial charge >= 0.3 is 0 Å². The maximum absolute atomic E-state index is 11.9. The molecule has 2 atom stereocenters. The summed E-state index contributed by atoms with van der Waals surface area (Å²) >= 11 is 1.53. The van der Waals surface area contributed by atoms with E-state index >= 15 is 0 Å². The standard InChI is InChI=1S/C17H22N2O2S/c1-11(2)15(20)9-16(21)18-12(3)17-19-14(10-22-17)13-7-5-4-6-8-13/h4-8,10-12,15,20H,9H2,1-3H3,(H,18,21).